The first-order valence-corrected chi connectivity index (χ1v) is 11.5. The Morgan fingerprint density at radius 3 is 2.30 bits per heavy atom. The van der Waals surface area contributed by atoms with Gasteiger partial charge in [-0.3, -0.25) is 4.79 Å². The third-order valence-corrected chi connectivity index (χ3v) is 6.74. The monoisotopic (exact) mass is 490 g/mol. The summed E-state index contributed by atoms with van der Waals surface area (Å²) in [5.41, 5.74) is 0.358. The number of anilines is 1. The molecule has 0 radical (unpaired) electrons. The lowest BCUT2D eigenvalue weighted by Crippen LogP contribution is -2.38. The van der Waals surface area contributed by atoms with Gasteiger partial charge < -0.3 is 10.1 Å². The van der Waals surface area contributed by atoms with Gasteiger partial charge in [0.15, 0.2) is 0 Å². The van der Waals surface area contributed by atoms with Crippen molar-refractivity contribution in [3.05, 3.63) is 94.8 Å². The summed E-state index contributed by atoms with van der Waals surface area (Å²) in [6.45, 7) is -1.02. The molecule has 0 fully saturated rings. The van der Waals surface area contributed by atoms with Gasteiger partial charge >= 0.3 is 5.97 Å². The summed E-state index contributed by atoms with van der Waals surface area (Å²) in [5.74, 6) is -1.99. The van der Waals surface area contributed by atoms with Crippen molar-refractivity contribution in [1.29, 1.82) is 0 Å². The average Bonchev–Trinajstić information content (AvgIpc) is 2.80. The predicted molar refractivity (Wildman–Crippen MR) is 122 cm³/mol. The molecule has 10 heteroatoms. The van der Waals surface area contributed by atoms with Crippen LogP contribution in [0.25, 0.3) is 0 Å². The number of methoxy groups -OCH3 is 1. The highest BCUT2D eigenvalue weighted by Crippen LogP contribution is 2.22. The number of hydrogen-bond donors (Lipinski definition) is 1. The molecule has 3 aromatic carbocycles. The minimum Gasteiger partial charge on any atom is -0.465 e. The van der Waals surface area contributed by atoms with Gasteiger partial charge in [-0.05, 0) is 42.5 Å². The molecule has 0 aliphatic heterocycles. The molecule has 172 valence electrons. The van der Waals surface area contributed by atoms with Crippen LogP contribution in [0, 0.1) is 5.82 Å². The van der Waals surface area contributed by atoms with Gasteiger partial charge in [0.2, 0.25) is 15.9 Å². The lowest BCUT2D eigenvalue weighted by molar-refractivity contribution is -0.116. The van der Waals surface area contributed by atoms with E-state index in [2.05, 4.69) is 5.32 Å². The number of halogens is 2. The van der Waals surface area contributed by atoms with E-state index in [0.717, 1.165) is 4.31 Å². The first kappa shape index (κ1) is 24.4. The predicted octanol–water partition coefficient (Wildman–Crippen LogP) is 4.10. The zero-order chi connectivity index (χ0) is 24.0. The molecule has 0 unspecified atom stereocenters. The molecule has 3 aromatic rings. The molecule has 3 rings (SSSR count). The molecule has 0 spiro atoms. The van der Waals surface area contributed by atoms with Crippen molar-refractivity contribution < 1.29 is 27.1 Å². The Morgan fingerprint density at radius 2 is 1.64 bits per heavy atom. The Kier molecular flexibility index (Phi) is 7.80. The summed E-state index contributed by atoms with van der Waals surface area (Å²) >= 11 is 5.86. The van der Waals surface area contributed by atoms with Crippen LogP contribution >= 0.6 is 11.6 Å². The normalized spacial score (nSPS) is 11.3. The molecule has 33 heavy (non-hydrogen) atoms. The van der Waals surface area contributed by atoms with Gasteiger partial charge in [-0.15, -0.1) is 0 Å². The van der Waals surface area contributed by atoms with Gasteiger partial charge in [-0.2, -0.15) is 4.31 Å². The fourth-order valence-electron chi connectivity index (χ4n) is 3.03. The smallest absolute Gasteiger partial charge is 0.339 e. The summed E-state index contributed by atoms with van der Waals surface area (Å²) in [6.07, 6.45) is 0. The zero-order valence-electron chi connectivity index (χ0n) is 17.5. The number of esters is 1. The Hall–Kier alpha value is -3.27. The number of nitrogens with zero attached hydrogens (tertiary/aromatic N) is 1. The second-order valence-electron chi connectivity index (χ2n) is 6.90. The number of sulfonamides is 1. The van der Waals surface area contributed by atoms with E-state index in [0.29, 0.717) is 5.02 Å². The number of hydrogen-bond acceptors (Lipinski definition) is 5. The molecule has 0 aliphatic carbocycles. The van der Waals surface area contributed by atoms with Gasteiger partial charge in [-0.25, -0.2) is 17.6 Å². The molecule has 1 amide bonds. The van der Waals surface area contributed by atoms with Crippen LogP contribution in [0.2, 0.25) is 5.02 Å². The van der Waals surface area contributed by atoms with Crippen molar-refractivity contribution in [1.82, 2.24) is 4.31 Å². The third-order valence-electron chi connectivity index (χ3n) is 4.68. The quantitative estimate of drug-likeness (QED) is 0.480. The van der Waals surface area contributed by atoms with Crippen LogP contribution in [-0.2, 0) is 26.1 Å². The van der Waals surface area contributed by atoms with Gasteiger partial charge in [0.1, 0.15) is 5.82 Å². The number of nitrogens with one attached hydrogen (secondary N) is 1. The Labute approximate surface area is 195 Å². The number of para-hydroxylation sites is 1. The van der Waals surface area contributed by atoms with Crippen LogP contribution in [0.5, 0.6) is 0 Å². The maximum Gasteiger partial charge on any atom is 0.339 e. The lowest BCUT2D eigenvalue weighted by Gasteiger charge is -2.22. The third kappa shape index (κ3) is 5.95. The van der Waals surface area contributed by atoms with E-state index in [1.165, 1.54) is 61.7 Å². The number of rotatable bonds is 8. The summed E-state index contributed by atoms with van der Waals surface area (Å²) in [5, 5.41) is 2.87. The number of ether oxygens (including phenoxy) is 1. The molecule has 1 N–H and O–H groups in total. The average molecular weight is 491 g/mol. The van der Waals surface area contributed by atoms with Crippen LogP contribution in [0.15, 0.2) is 77.7 Å². The van der Waals surface area contributed by atoms with Crippen LogP contribution in [-0.4, -0.2) is 38.3 Å². The zero-order valence-corrected chi connectivity index (χ0v) is 19.1. The van der Waals surface area contributed by atoms with Crippen LogP contribution in [0.4, 0.5) is 10.1 Å². The molecule has 0 atom stereocenters. The molecule has 0 saturated carbocycles. The Morgan fingerprint density at radius 1 is 1.00 bits per heavy atom. The molecule has 0 bridgehead atoms. The van der Waals surface area contributed by atoms with Crippen molar-refractivity contribution in [2.45, 2.75) is 11.4 Å². The number of amides is 1. The summed E-state index contributed by atoms with van der Waals surface area (Å²) < 4.78 is 46.4. The lowest BCUT2D eigenvalue weighted by atomic mass is 10.2. The van der Waals surface area contributed by atoms with E-state index in [9.17, 15) is 22.4 Å². The Balaban J connectivity index is 1.92. The van der Waals surface area contributed by atoms with Crippen molar-refractivity contribution in [2.24, 2.45) is 0 Å². The molecule has 7 nitrogen and oxygen atoms in total. The number of carbonyl (C=O) groups is 2. The topological polar surface area (TPSA) is 92.8 Å². The van der Waals surface area contributed by atoms with E-state index >= 15 is 0 Å². The minimum absolute atomic E-state index is 0.0952. The largest absolute Gasteiger partial charge is 0.465 e. The van der Waals surface area contributed by atoms with Gasteiger partial charge in [0.25, 0.3) is 0 Å². The Bertz CT molecular complexity index is 1270. The van der Waals surface area contributed by atoms with E-state index < -0.39 is 34.3 Å². The highest BCUT2D eigenvalue weighted by atomic mass is 35.5. The fourth-order valence-corrected chi connectivity index (χ4v) is 4.53. The SMILES string of the molecule is COC(=O)c1ccccc1NC(=O)CN(Cc1ccccc1F)S(=O)(=O)c1ccc(Cl)cc1. The van der Waals surface area contributed by atoms with Crippen molar-refractivity contribution in [3.63, 3.8) is 0 Å². The summed E-state index contributed by atoms with van der Waals surface area (Å²) in [4.78, 5) is 24.7. The second-order valence-corrected chi connectivity index (χ2v) is 9.28. The van der Waals surface area contributed by atoms with Gasteiger partial charge in [0.05, 0.1) is 29.8 Å². The van der Waals surface area contributed by atoms with E-state index in [1.807, 2.05) is 0 Å². The minimum atomic E-state index is -4.20. The van der Waals surface area contributed by atoms with E-state index in [-0.39, 0.29) is 28.3 Å². The fraction of sp³-hybridized carbons (Fsp3) is 0.130. The molecule has 0 aromatic heterocycles. The van der Waals surface area contributed by atoms with Gasteiger partial charge in [0, 0.05) is 17.1 Å². The molecular formula is C23H20ClFN2O5S. The van der Waals surface area contributed by atoms with Gasteiger partial charge in [-0.1, -0.05) is 41.9 Å². The van der Waals surface area contributed by atoms with Crippen molar-refractivity contribution in [3.8, 4) is 0 Å². The first-order valence-electron chi connectivity index (χ1n) is 9.68. The maximum absolute atomic E-state index is 14.3. The second kappa shape index (κ2) is 10.6. The molecule has 0 heterocycles. The summed E-state index contributed by atoms with van der Waals surface area (Å²) in [6, 6.07) is 17.2. The molecule has 0 aliphatic rings. The first-order chi connectivity index (χ1) is 15.7. The molecule has 0 saturated heterocycles. The van der Waals surface area contributed by atoms with Crippen LogP contribution < -0.4 is 5.32 Å². The molecular weight excluding hydrogens is 471 g/mol. The van der Waals surface area contributed by atoms with Crippen molar-refractivity contribution >= 4 is 39.2 Å². The highest BCUT2D eigenvalue weighted by Gasteiger charge is 2.28. The highest BCUT2D eigenvalue weighted by molar-refractivity contribution is 7.89. The van der Waals surface area contributed by atoms with Crippen LogP contribution in [0.1, 0.15) is 15.9 Å². The number of carbonyl (C=O) groups excluding carboxylic acids is 2. The van der Waals surface area contributed by atoms with Crippen molar-refractivity contribution in [2.75, 3.05) is 19.0 Å². The summed E-state index contributed by atoms with van der Waals surface area (Å²) in [7, 11) is -2.99. The standard InChI is InChI=1S/C23H20ClFN2O5S/c1-32-23(29)19-7-3-5-9-21(19)26-22(28)15-27(14-16-6-2-4-8-20(16)25)33(30,31)18-12-10-17(24)11-13-18/h2-13H,14-15H2,1H3,(H,26,28). The number of benzene rings is 3. The van der Waals surface area contributed by atoms with E-state index in [1.54, 1.807) is 18.2 Å². The van der Waals surface area contributed by atoms with Crippen LogP contribution in [0.3, 0.4) is 0 Å². The van der Waals surface area contributed by atoms with E-state index in [4.69, 9.17) is 16.3 Å². The maximum atomic E-state index is 14.3.